The van der Waals surface area contributed by atoms with Crippen molar-refractivity contribution >= 4 is 46.6 Å². The van der Waals surface area contributed by atoms with Crippen LogP contribution in [0.15, 0.2) is 48.9 Å². The highest BCUT2D eigenvalue weighted by atomic mass is 127. The van der Waals surface area contributed by atoms with Crippen molar-refractivity contribution in [3.8, 4) is 17.1 Å². The van der Waals surface area contributed by atoms with Crippen LogP contribution in [0.3, 0.4) is 0 Å². The molecule has 0 radical (unpaired) electrons. The average molecular weight is 951 g/mol. The first-order valence-corrected chi connectivity index (χ1v) is 18.0. The fourth-order valence-electron chi connectivity index (χ4n) is 6.80. The quantitative estimate of drug-likeness (QED) is 0.170. The smallest absolute Gasteiger partial charge is 0.471 e. The van der Waals surface area contributed by atoms with Gasteiger partial charge in [-0.1, -0.05) is 11.6 Å². The Hall–Kier alpha value is -4.77. The molecule has 14 nitrogen and oxygen atoms in total. The fourth-order valence-corrected chi connectivity index (χ4v) is 7.07. The van der Waals surface area contributed by atoms with Gasteiger partial charge in [-0.2, -0.15) is 31.4 Å². The van der Waals surface area contributed by atoms with Crippen LogP contribution in [-0.4, -0.2) is 129 Å². The molecule has 0 bridgehead atoms. The van der Waals surface area contributed by atoms with Gasteiger partial charge in [0.2, 0.25) is 5.91 Å². The lowest BCUT2D eigenvalue weighted by molar-refractivity contribution is -0.895. The Balaban J connectivity index is 0.00000641. The molecule has 1 aromatic carbocycles. The largest absolute Gasteiger partial charge is 1.00 e. The summed E-state index contributed by atoms with van der Waals surface area (Å²) in [6.07, 6.45) is -5.60. The second kappa shape index (κ2) is 16.8. The monoisotopic (exact) mass is 950 g/mol. The first-order valence-electron chi connectivity index (χ1n) is 17.7. The average Bonchev–Trinajstić information content (AvgIpc) is 3.78. The number of nitrogens with one attached hydrogen (secondary N) is 1. The van der Waals surface area contributed by atoms with Gasteiger partial charge in [0, 0.05) is 70.9 Å². The van der Waals surface area contributed by atoms with Crippen molar-refractivity contribution in [1.29, 1.82) is 0 Å². The normalized spacial score (nSPS) is 16.1. The highest BCUT2D eigenvalue weighted by Crippen LogP contribution is 2.37. The highest BCUT2D eigenvalue weighted by molar-refractivity contribution is 6.34. The van der Waals surface area contributed by atoms with E-state index in [2.05, 4.69) is 34.5 Å². The molecule has 0 aliphatic carbocycles. The number of halogens is 8. The number of hydrogen-bond acceptors (Lipinski definition) is 7. The number of rotatable bonds is 7. The summed E-state index contributed by atoms with van der Waals surface area (Å²) >= 11 is 6.49. The molecule has 2 aliphatic heterocycles. The maximum absolute atomic E-state index is 14.2. The molecule has 4 aromatic rings. The van der Waals surface area contributed by atoms with Crippen LogP contribution >= 0.6 is 11.6 Å². The zero-order chi connectivity index (χ0) is 41.6. The Labute approximate surface area is 350 Å². The molecule has 2 fully saturated rings. The van der Waals surface area contributed by atoms with Crippen LogP contribution < -0.4 is 34.2 Å². The van der Waals surface area contributed by atoms with E-state index in [1.807, 2.05) is 4.90 Å². The van der Waals surface area contributed by atoms with E-state index in [1.165, 1.54) is 25.2 Å². The van der Waals surface area contributed by atoms with Gasteiger partial charge < -0.3 is 53.0 Å². The van der Waals surface area contributed by atoms with Crippen LogP contribution in [0.2, 0.25) is 5.02 Å². The second-order valence-electron chi connectivity index (χ2n) is 14.5. The minimum Gasteiger partial charge on any atom is -1.00 e. The van der Waals surface area contributed by atoms with E-state index in [4.69, 9.17) is 11.6 Å². The van der Waals surface area contributed by atoms with E-state index in [0.29, 0.717) is 31.1 Å². The van der Waals surface area contributed by atoms with Crippen molar-refractivity contribution in [3.63, 3.8) is 0 Å². The number of piperazine rings is 1. The minimum absolute atomic E-state index is 0. The maximum atomic E-state index is 14.2. The van der Waals surface area contributed by atoms with Gasteiger partial charge in [0.1, 0.15) is 0 Å². The molecule has 4 amide bonds. The summed E-state index contributed by atoms with van der Waals surface area (Å²) < 4.78 is 83.9. The fraction of sp³-hybridized carbons (Fsp3) is 0.417. The van der Waals surface area contributed by atoms with E-state index < -0.39 is 35.4 Å². The highest BCUT2D eigenvalue weighted by Gasteiger charge is 2.42. The van der Waals surface area contributed by atoms with Crippen molar-refractivity contribution < 1.29 is 74.0 Å². The van der Waals surface area contributed by atoms with Gasteiger partial charge in [-0.3, -0.25) is 19.2 Å². The van der Waals surface area contributed by atoms with Crippen LogP contribution in [0.4, 0.5) is 37.7 Å². The topological polar surface area (TPSA) is 139 Å². The molecular weight excluding hydrogens is 913 g/mol. The lowest BCUT2D eigenvalue weighted by Crippen LogP contribution is -3.00. The first-order chi connectivity index (χ1) is 26.6. The predicted octanol–water partition coefficient (Wildman–Crippen LogP) is 1.89. The van der Waals surface area contributed by atoms with Crippen molar-refractivity contribution in [3.05, 3.63) is 71.0 Å². The number of alkyl halides is 6. The van der Waals surface area contributed by atoms with Gasteiger partial charge in [0.05, 0.1) is 67.1 Å². The molecule has 58 heavy (non-hydrogen) atoms. The third kappa shape index (κ3) is 9.41. The number of amides is 4. The van der Waals surface area contributed by atoms with E-state index in [-0.39, 0.29) is 81.0 Å². The first kappa shape index (κ1) is 44.3. The third-order valence-electron chi connectivity index (χ3n) is 10.2. The summed E-state index contributed by atoms with van der Waals surface area (Å²) in [5.41, 5.74) is -1.91. The summed E-state index contributed by atoms with van der Waals surface area (Å²) in [4.78, 5) is 63.0. The van der Waals surface area contributed by atoms with Crippen molar-refractivity contribution in [2.45, 2.75) is 25.2 Å². The summed E-state index contributed by atoms with van der Waals surface area (Å²) in [5, 5.41) is 6.23. The van der Waals surface area contributed by atoms with E-state index in [1.54, 1.807) is 4.90 Å². The molecule has 0 spiro atoms. The molecule has 0 atom stereocenters. The standard InChI is InChI=1S/C36H37ClF6N10O4.HI/c1-48(34(57)36(41,42)43)23-6-8-28(44-18-23)52-20-25(29(47-52)35(38,39)40)27-19-45-30(49(27)2)31(54)46-22-5-7-24(26(37)17-22)33(56)51-13-11-50(12-14-51)32(55)21-9-15-53(3,4)16-10-21;/h5-8,17-21H,9-16H2,1-4H3;1H. The molecule has 2 saturated heterocycles. The molecule has 22 heteroatoms. The summed E-state index contributed by atoms with van der Waals surface area (Å²) in [7, 11) is 6.49. The Morgan fingerprint density at radius 2 is 1.55 bits per heavy atom. The van der Waals surface area contributed by atoms with Crippen LogP contribution in [-0.2, 0) is 22.8 Å². The summed E-state index contributed by atoms with van der Waals surface area (Å²) in [6.45, 7) is 3.34. The number of benzene rings is 1. The van der Waals surface area contributed by atoms with Crippen molar-refractivity contribution in [1.82, 2.24) is 34.1 Å². The SMILES string of the molecule is CN(C(=O)C(F)(F)F)c1ccc(-n2cc(-c3cnc(C(=O)Nc4ccc(C(=O)N5CCN(C(=O)C6CC[N+](C)(C)CC6)CC5)c(Cl)c4)n3C)c(C(F)(F)F)n2)nc1.[I-]. The minimum atomic E-state index is -5.16. The third-order valence-corrected chi connectivity index (χ3v) is 10.5. The number of nitrogens with zero attached hydrogens (tertiary/aromatic N) is 9. The number of carbonyl (C=O) groups is 4. The number of hydrogen-bond donors (Lipinski definition) is 1. The van der Waals surface area contributed by atoms with Gasteiger partial charge in [-0.15, -0.1) is 0 Å². The Bertz CT molecular complexity index is 2190. The Morgan fingerprint density at radius 1 is 0.914 bits per heavy atom. The van der Waals surface area contributed by atoms with Crippen molar-refractivity contribution in [2.24, 2.45) is 13.0 Å². The summed E-state index contributed by atoms with van der Waals surface area (Å²) in [5.74, 6) is -3.71. The molecule has 1 N–H and O–H groups in total. The number of likely N-dealkylation sites (tertiary alicyclic amines) is 1. The maximum Gasteiger partial charge on any atom is 0.471 e. The number of carbonyl (C=O) groups excluding carboxylic acids is 4. The molecule has 3 aromatic heterocycles. The summed E-state index contributed by atoms with van der Waals surface area (Å²) in [6, 6.07) is 6.40. The lowest BCUT2D eigenvalue weighted by Gasteiger charge is -2.40. The Kier molecular flexibility index (Phi) is 12.9. The van der Waals surface area contributed by atoms with Gasteiger partial charge in [-0.25, -0.2) is 14.6 Å². The van der Waals surface area contributed by atoms with Crippen LogP contribution in [0.1, 0.15) is 39.5 Å². The number of imidazole rings is 1. The molecule has 5 heterocycles. The van der Waals surface area contributed by atoms with E-state index in [0.717, 1.165) is 77.4 Å². The van der Waals surface area contributed by atoms with E-state index >= 15 is 0 Å². The van der Waals surface area contributed by atoms with Gasteiger partial charge >= 0.3 is 18.3 Å². The zero-order valence-electron chi connectivity index (χ0n) is 31.5. The predicted molar refractivity (Wildman–Crippen MR) is 194 cm³/mol. The molecule has 6 rings (SSSR count). The van der Waals surface area contributed by atoms with Crippen molar-refractivity contribution in [2.75, 3.05) is 70.6 Å². The van der Waals surface area contributed by atoms with Crippen LogP contribution in [0.5, 0.6) is 0 Å². The number of quaternary nitrogens is 1. The number of aromatic nitrogens is 5. The van der Waals surface area contributed by atoms with Gasteiger partial charge in [0.25, 0.3) is 11.8 Å². The molecule has 0 unspecified atom stereocenters. The molecule has 0 saturated carbocycles. The lowest BCUT2D eigenvalue weighted by atomic mass is 9.94. The van der Waals surface area contributed by atoms with Gasteiger partial charge in [0.15, 0.2) is 17.3 Å². The molecular formula is C36H38ClF6IN10O4. The number of pyridine rings is 1. The van der Waals surface area contributed by atoms with Crippen LogP contribution in [0, 0.1) is 5.92 Å². The zero-order valence-corrected chi connectivity index (χ0v) is 34.4. The van der Waals surface area contributed by atoms with E-state index in [9.17, 15) is 45.5 Å². The Morgan fingerprint density at radius 3 is 2.12 bits per heavy atom. The molecule has 312 valence electrons. The number of piperidine rings is 1. The number of anilines is 2. The van der Waals surface area contributed by atoms with Crippen LogP contribution in [0.25, 0.3) is 17.1 Å². The second-order valence-corrected chi connectivity index (χ2v) is 14.9. The molecule has 2 aliphatic rings. The van der Waals surface area contributed by atoms with Gasteiger partial charge in [-0.05, 0) is 30.3 Å².